The lowest BCUT2D eigenvalue weighted by Gasteiger charge is -2.24. The van der Waals surface area contributed by atoms with Crippen molar-refractivity contribution in [3.05, 3.63) is 30.0 Å². The zero-order valence-electron chi connectivity index (χ0n) is 20.6. The zero-order valence-corrected chi connectivity index (χ0v) is 20.6. The van der Waals surface area contributed by atoms with E-state index >= 15 is 0 Å². The van der Waals surface area contributed by atoms with Gasteiger partial charge in [-0.15, -0.1) is 0 Å². The highest BCUT2D eigenvalue weighted by Gasteiger charge is 2.34. The fourth-order valence-corrected chi connectivity index (χ4v) is 4.25. The summed E-state index contributed by atoms with van der Waals surface area (Å²) < 4.78 is 10.5. The van der Waals surface area contributed by atoms with E-state index in [0.717, 1.165) is 10.9 Å². The number of carbonyl (C=O) groups excluding carboxylic acids is 4. The molecule has 2 heterocycles. The molecule has 3 rings (SSSR count). The Morgan fingerprint density at radius 3 is 2.57 bits per heavy atom. The maximum absolute atomic E-state index is 13.2. The molecule has 3 amide bonds. The summed E-state index contributed by atoms with van der Waals surface area (Å²) in [6.45, 7) is 6.78. The van der Waals surface area contributed by atoms with E-state index in [0.29, 0.717) is 37.4 Å². The second-order valence-electron chi connectivity index (χ2n) is 9.09. The van der Waals surface area contributed by atoms with Crippen LogP contribution in [0.25, 0.3) is 10.9 Å². The number of nitrogens with one attached hydrogen (secondary N) is 4. The lowest BCUT2D eigenvalue weighted by Crippen LogP contribution is -2.53. The van der Waals surface area contributed by atoms with Crippen LogP contribution in [0.1, 0.15) is 50.5 Å². The predicted molar refractivity (Wildman–Crippen MR) is 130 cm³/mol. The molecule has 0 radical (unpaired) electrons. The van der Waals surface area contributed by atoms with Gasteiger partial charge in [-0.05, 0) is 50.3 Å². The summed E-state index contributed by atoms with van der Waals surface area (Å²) in [5.41, 5.74) is 1.03. The number of H-pyrrole nitrogens is 1. The Morgan fingerprint density at radius 2 is 1.94 bits per heavy atom. The van der Waals surface area contributed by atoms with E-state index in [9.17, 15) is 19.2 Å². The highest BCUT2D eigenvalue weighted by Crippen LogP contribution is 2.26. The molecule has 1 aromatic carbocycles. The molecular formula is C25H34N4O6. The molecule has 10 nitrogen and oxygen atoms in total. The Balaban J connectivity index is 1.76. The minimum atomic E-state index is -0.991. The van der Waals surface area contributed by atoms with Gasteiger partial charge in [-0.25, -0.2) is 4.79 Å². The first kappa shape index (κ1) is 26.1. The lowest BCUT2D eigenvalue weighted by atomic mass is 9.97. The number of aromatic nitrogens is 1. The monoisotopic (exact) mass is 486 g/mol. The molecule has 0 aliphatic carbocycles. The highest BCUT2D eigenvalue weighted by molar-refractivity contribution is 6.01. The van der Waals surface area contributed by atoms with E-state index in [-0.39, 0.29) is 24.2 Å². The van der Waals surface area contributed by atoms with Crippen LogP contribution in [-0.4, -0.2) is 61.0 Å². The van der Waals surface area contributed by atoms with E-state index < -0.39 is 29.9 Å². The van der Waals surface area contributed by atoms with Crippen molar-refractivity contribution < 1.29 is 28.7 Å². The second-order valence-corrected chi connectivity index (χ2v) is 9.09. The third-order valence-corrected chi connectivity index (χ3v) is 5.98. The van der Waals surface area contributed by atoms with Crippen molar-refractivity contribution in [3.63, 3.8) is 0 Å². The van der Waals surface area contributed by atoms with Crippen molar-refractivity contribution in [2.75, 3.05) is 20.3 Å². The fraction of sp³-hybridized carbons (Fsp3) is 0.520. The molecule has 3 atom stereocenters. The topological polar surface area (TPSA) is 139 Å². The highest BCUT2D eigenvalue weighted by atomic mass is 16.5. The van der Waals surface area contributed by atoms with Crippen LogP contribution in [0.15, 0.2) is 24.3 Å². The van der Waals surface area contributed by atoms with Crippen molar-refractivity contribution in [2.45, 2.75) is 52.1 Å². The number of methoxy groups -OCH3 is 1. The van der Waals surface area contributed by atoms with Gasteiger partial charge in [0.2, 0.25) is 11.8 Å². The van der Waals surface area contributed by atoms with E-state index in [1.165, 1.54) is 7.11 Å². The van der Waals surface area contributed by atoms with Gasteiger partial charge in [0.15, 0.2) is 0 Å². The minimum absolute atomic E-state index is 0.0931. The number of aromatic amines is 1. The standard InChI is InChI=1S/C25H34N4O6/c1-5-35-21-8-6-7-17-16(21)13-19(27-17)24(32)28-18(11-14(2)3)23(31)29-20(25(33)34-4)12-15-9-10-26-22(15)30/h6-8,13-15,18,20,27H,5,9-12H2,1-4H3,(H,26,30)(H,28,32)(H,29,31)/t15-,18-,20-/m0/s1. The molecular weight excluding hydrogens is 452 g/mol. The molecule has 35 heavy (non-hydrogen) atoms. The van der Waals surface area contributed by atoms with Gasteiger partial charge in [0, 0.05) is 23.4 Å². The Kier molecular flexibility index (Phi) is 8.73. The Morgan fingerprint density at radius 1 is 1.17 bits per heavy atom. The molecule has 4 N–H and O–H groups in total. The fourth-order valence-electron chi connectivity index (χ4n) is 4.25. The van der Waals surface area contributed by atoms with Crippen LogP contribution >= 0.6 is 0 Å². The number of hydrogen-bond acceptors (Lipinski definition) is 6. The van der Waals surface area contributed by atoms with Crippen LogP contribution in [-0.2, 0) is 19.1 Å². The van der Waals surface area contributed by atoms with Gasteiger partial charge in [0.25, 0.3) is 5.91 Å². The maximum Gasteiger partial charge on any atom is 0.328 e. The molecule has 2 aromatic rings. The van der Waals surface area contributed by atoms with Crippen LogP contribution < -0.4 is 20.7 Å². The van der Waals surface area contributed by atoms with Gasteiger partial charge in [-0.2, -0.15) is 0 Å². The average Bonchev–Trinajstić information content (AvgIpc) is 3.44. The van der Waals surface area contributed by atoms with E-state index in [1.54, 1.807) is 6.07 Å². The summed E-state index contributed by atoms with van der Waals surface area (Å²) in [6.07, 6.45) is 1.08. The number of amides is 3. The van der Waals surface area contributed by atoms with Gasteiger partial charge >= 0.3 is 5.97 Å². The van der Waals surface area contributed by atoms with Gasteiger partial charge in [-0.3, -0.25) is 14.4 Å². The van der Waals surface area contributed by atoms with Crippen LogP contribution in [0.5, 0.6) is 5.75 Å². The number of carbonyl (C=O) groups is 4. The molecule has 190 valence electrons. The summed E-state index contributed by atoms with van der Waals surface area (Å²) in [4.78, 5) is 53.6. The molecule has 0 saturated carbocycles. The molecule has 1 aliphatic heterocycles. The first-order chi connectivity index (χ1) is 16.7. The number of esters is 1. The van der Waals surface area contributed by atoms with Crippen molar-refractivity contribution in [3.8, 4) is 5.75 Å². The number of hydrogen-bond donors (Lipinski definition) is 4. The van der Waals surface area contributed by atoms with Gasteiger partial charge < -0.3 is 30.4 Å². The van der Waals surface area contributed by atoms with Crippen LogP contribution in [0, 0.1) is 11.8 Å². The Bertz CT molecular complexity index is 1080. The first-order valence-corrected chi connectivity index (χ1v) is 11.9. The van der Waals surface area contributed by atoms with Crippen LogP contribution in [0.3, 0.4) is 0 Å². The Hall–Kier alpha value is -3.56. The van der Waals surface area contributed by atoms with Gasteiger partial charge in [0.05, 0.1) is 13.7 Å². The maximum atomic E-state index is 13.2. The number of ether oxygens (including phenoxy) is 2. The van der Waals surface area contributed by atoms with Gasteiger partial charge in [0.1, 0.15) is 23.5 Å². The van der Waals surface area contributed by atoms with Crippen molar-refractivity contribution in [1.29, 1.82) is 0 Å². The lowest BCUT2D eigenvalue weighted by molar-refractivity contribution is -0.146. The largest absolute Gasteiger partial charge is 0.493 e. The second kappa shape index (κ2) is 11.7. The summed E-state index contributed by atoms with van der Waals surface area (Å²) in [6, 6.07) is 5.31. The zero-order chi connectivity index (χ0) is 25.5. The number of rotatable bonds is 11. The number of benzene rings is 1. The van der Waals surface area contributed by atoms with Gasteiger partial charge in [-0.1, -0.05) is 19.9 Å². The summed E-state index contributed by atoms with van der Waals surface area (Å²) in [5, 5.41) is 8.98. The van der Waals surface area contributed by atoms with E-state index in [1.807, 2.05) is 39.0 Å². The van der Waals surface area contributed by atoms with E-state index in [2.05, 4.69) is 20.9 Å². The molecule has 10 heteroatoms. The predicted octanol–water partition coefficient (Wildman–Crippen LogP) is 1.90. The smallest absolute Gasteiger partial charge is 0.328 e. The number of fused-ring (bicyclic) bond motifs is 1. The quantitative estimate of drug-likeness (QED) is 0.358. The molecule has 0 unspecified atom stereocenters. The first-order valence-electron chi connectivity index (χ1n) is 11.9. The third-order valence-electron chi connectivity index (χ3n) is 5.98. The molecule has 1 aliphatic rings. The average molecular weight is 487 g/mol. The van der Waals surface area contributed by atoms with Crippen LogP contribution in [0.4, 0.5) is 0 Å². The molecule has 0 spiro atoms. The van der Waals surface area contributed by atoms with Crippen molar-refractivity contribution >= 4 is 34.6 Å². The molecule has 1 aromatic heterocycles. The summed E-state index contributed by atoms with van der Waals surface area (Å²) in [5.74, 6) is -1.37. The molecule has 1 saturated heterocycles. The van der Waals surface area contributed by atoms with E-state index in [4.69, 9.17) is 9.47 Å². The summed E-state index contributed by atoms with van der Waals surface area (Å²) >= 11 is 0. The normalized spacial score (nSPS) is 17.1. The summed E-state index contributed by atoms with van der Waals surface area (Å²) in [7, 11) is 1.23. The SMILES string of the molecule is CCOc1cccc2[nH]c(C(=O)N[C@@H](CC(C)C)C(=O)N[C@@H](C[C@@H]3CCNC3=O)C(=O)OC)cc12. The van der Waals surface area contributed by atoms with Crippen molar-refractivity contribution in [1.82, 2.24) is 20.9 Å². The Labute approximate surface area is 204 Å². The third kappa shape index (κ3) is 6.52. The molecule has 1 fully saturated rings. The molecule has 0 bridgehead atoms. The minimum Gasteiger partial charge on any atom is -0.493 e. The van der Waals surface area contributed by atoms with Crippen LogP contribution in [0.2, 0.25) is 0 Å². The van der Waals surface area contributed by atoms with Crippen molar-refractivity contribution in [2.24, 2.45) is 11.8 Å².